The predicted octanol–water partition coefficient (Wildman–Crippen LogP) is 24.4. The molecule has 0 radical (unpaired) electrons. The molecule has 0 aliphatic carbocycles. The van der Waals surface area contributed by atoms with Gasteiger partial charge in [0.25, 0.3) is 0 Å². The average molecular weight is 2670 g/mol. The zero-order valence-electron chi connectivity index (χ0n) is 79.0. The van der Waals surface area contributed by atoms with Crippen molar-refractivity contribution in [3.8, 4) is 67.8 Å². The van der Waals surface area contributed by atoms with Crippen molar-refractivity contribution in [2.24, 2.45) is 0 Å². The van der Waals surface area contributed by atoms with Crippen LogP contribution in [-0.2, 0) is 103 Å². The number of rotatable bonds is 16. The zero-order valence-corrected chi connectivity index (χ0v) is 91.7. The van der Waals surface area contributed by atoms with Crippen LogP contribution in [0.25, 0.3) is 155 Å². The number of fused-ring (bicyclic) bond motifs is 12. The van der Waals surface area contributed by atoms with Gasteiger partial charge in [-0.05, 0) is 229 Å². The molecule has 24 rings (SSSR count). The Kier molecular flexibility index (Phi) is 30.7. The molecule has 24 aromatic rings. The number of aromatic nitrogens is 12. The molecule has 0 fully saturated rings. The quantitative estimate of drug-likeness (QED) is 0.0658. The maximum atomic E-state index is 13.7. The van der Waals surface area contributed by atoms with Crippen LogP contribution in [0.3, 0.4) is 0 Å². The summed E-state index contributed by atoms with van der Waals surface area (Å²) in [6.07, 6.45) is 14.1. The van der Waals surface area contributed by atoms with Gasteiger partial charge in [0.2, 0.25) is 0 Å². The first kappa shape index (κ1) is 102. The van der Waals surface area contributed by atoms with E-state index in [0.29, 0.717) is 43.0 Å². The SMILES string of the molecule is Cc1ccc(-n2c3[c-]c(-c4[c-]c(P(C)(=O)c5ccccn5)ccc4)ccc3c3ccccc32)nc1.Cc1cccnc1-n1c2[c-]c(-c3[c-]c(P(C)(=O)c4ccccn4)ccc3)ccc2c2ccccc21.Cc1ccnc(-n2c3[c-]c(-c4[c-]c(P(C)(=O)c5ccccn5)ccc4)ccc3c3ccccc32)c1.Cc1ccnc(-n2c3[c-]c(-c4[c-]c(P(C)(=O)c5ccccn5)ccc4)ccc3c3ccccc32)c1.[Pt+2].[Pt+2].[Pt+2].[Pt+2]. The van der Waals surface area contributed by atoms with Crippen molar-refractivity contribution in [3.05, 3.63) is 460 Å². The Hall–Kier alpha value is -13.3. The van der Waals surface area contributed by atoms with E-state index in [-0.39, 0.29) is 84.3 Å². The zero-order chi connectivity index (χ0) is 96.0. The first-order chi connectivity index (χ1) is 68.1. The smallest absolute Gasteiger partial charge is 0.314 e. The summed E-state index contributed by atoms with van der Waals surface area (Å²) in [5.41, 5.74) is 21.9. The predicted molar refractivity (Wildman–Crippen MR) is 574 cm³/mol. The monoisotopic (exact) mass is 2660 g/mol. The van der Waals surface area contributed by atoms with Gasteiger partial charge in [0.1, 0.15) is 73.6 Å². The fourth-order valence-corrected chi connectivity index (χ4v) is 24.5. The summed E-state index contributed by atoms with van der Waals surface area (Å²) in [5, 5.41) is 11.7. The van der Waals surface area contributed by atoms with Gasteiger partial charge in [-0.1, -0.05) is 152 Å². The summed E-state index contributed by atoms with van der Waals surface area (Å²) in [5.74, 6) is 3.45. The second-order valence-corrected chi connectivity index (χ2v) is 46.1. The molecule has 0 amide bonds. The van der Waals surface area contributed by atoms with Crippen LogP contribution in [0.5, 0.6) is 0 Å². The minimum Gasteiger partial charge on any atom is -0.314 e. The Balaban J connectivity index is 0.000000130. The fourth-order valence-electron chi connectivity index (χ4n) is 18.1. The van der Waals surface area contributed by atoms with Crippen LogP contribution in [0.4, 0.5) is 0 Å². The molecule has 0 saturated carbocycles. The average Bonchev–Trinajstić information content (AvgIpc) is 1.60. The number of hydrogen-bond acceptors (Lipinski definition) is 12. The van der Waals surface area contributed by atoms with E-state index in [1.54, 1.807) is 51.4 Å². The van der Waals surface area contributed by atoms with Crippen molar-refractivity contribution in [3.63, 3.8) is 0 Å². The Bertz CT molecular complexity index is 8860. The van der Waals surface area contributed by atoms with Crippen LogP contribution in [0.1, 0.15) is 22.3 Å². The number of benzene rings is 12. The maximum absolute atomic E-state index is 13.7. The van der Waals surface area contributed by atoms with Crippen molar-refractivity contribution in [2.45, 2.75) is 27.7 Å². The molecule has 0 spiro atoms. The van der Waals surface area contributed by atoms with Crippen molar-refractivity contribution >= 4 is 159 Å². The first-order valence-corrected chi connectivity index (χ1v) is 54.3. The minimum atomic E-state index is -2.88. The molecule has 0 saturated heterocycles. The van der Waals surface area contributed by atoms with Gasteiger partial charge in [0, 0.05) is 71.6 Å². The fraction of sp³-hybridized carbons (Fsp3) is 0.0667. The van der Waals surface area contributed by atoms with Gasteiger partial charge in [-0.15, -0.1) is 48.5 Å². The van der Waals surface area contributed by atoms with E-state index in [2.05, 4.69) is 263 Å². The standard InChI is InChI=1S/4C30H22N3OP.4Pt/c1-21-9-8-18-32-30(21)33-27-13-4-3-12-25(27)26-16-15-23(20-28(26)33)22-10-7-11-24(19-22)35(2,34)29-14-5-6-17-31-29;1-21-13-16-29(32-20-21)33-27-11-4-3-10-25(27)26-15-14-23(19-28(26)33)22-8-7-9-24(18-22)35(2,34)30-12-5-6-17-31-30;2*1-21-15-17-31-29(18-21)33-27-11-4-3-10-25(27)26-14-13-23(20-28(26)33)22-8-7-9-24(19-22)35(2,34)30-12-5-6-16-32-30;;;;/h3-18H,1-2H3;3-17,20H,1-2H3;2*3-18H,1-2H3;;;;/q4*-2;4*+2. The minimum absolute atomic E-state index is 0. The number of pyridine rings is 8. The van der Waals surface area contributed by atoms with E-state index in [1.807, 2.05) is 226 Å². The van der Waals surface area contributed by atoms with Crippen LogP contribution in [0.15, 0.2) is 389 Å². The van der Waals surface area contributed by atoms with E-state index in [1.165, 1.54) is 0 Å². The molecular formula is C120H88N12O4P4Pt4. The molecular weight excluding hydrogens is 2580 g/mol. The van der Waals surface area contributed by atoms with Crippen LogP contribution >= 0.6 is 28.6 Å². The number of para-hydroxylation sites is 4. The summed E-state index contributed by atoms with van der Waals surface area (Å²) >= 11 is 0. The van der Waals surface area contributed by atoms with Crippen molar-refractivity contribution < 1.29 is 103 Å². The van der Waals surface area contributed by atoms with Crippen LogP contribution in [0.2, 0.25) is 0 Å². The van der Waals surface area contributed by atoms with Crippen LogP contribution in [0, 0.1) is 76.2 Å². The van der Waals surface area contributed by atoms with Crippen molar-refractivity contribution in [1.82, 2.24) is 58.1 Å². The Morgan fingerprint density at radius 3 is 0.792 bits per heavy atom. The van der Waals surface area contributed by atoms with E-state index in [4.69, 9.17) is 9.97 Å². The molecule has 712 valence electrons. The van der Waals surface area contributed by atoms with Gasteiger partial charge in [-0.3, -0.25) is 19.9 Å². The molecule has 24 heteroatoms. The van der Waals surface area contributed by atoms with E-state index in [0.717, 1.165) is 177 Å². The molecule has 4 unspecified atom stereocenters. The molecule has 4 atom stereocenters. The second-order valence-electron chi connectivity index (χ2n) is 34.9. The van der Waals surface area contributed by atoms with Gasteiger partial charge in [0.05, 0.1) is 0 Å². The Morgan fingerprint density at radius 2 is 0.500 bits per heavy atom. The second kappa shape index (κ2) is 43.3. The van der Waals surface area contributed by atoms with Crippen molar-refractivity contribution in [1.29, 1.82) is 0 Å². The summed E-state index contributed by atoms with van der Waals surface area (Å²) < 4.78 is 63.4. The largest absolute Gasteiger partial charge is 2.00 e. The Morgan fingerprint density at radius 1 is 0.215 bits per heavy atom. The van der Waals surface area contributed by atoms with Gasteiger partial charge in [0.15, 0.2) is 0 Å². The summed E-state index contributed by atoms with van der Waals surface area (Å²) in [6, 6.07) is 140. The third-order valence-corrected chi connectivity index (χ3v) is 34.7. The summed E-state index contributed by atoms with van der Waals surface area (Å²) in [7, 11) is -11.5. The summed E-state index contributed by atoms with van der Waals surface area (Å²) in [4.78, 5) is 36.1. The number of aryl methyl sites for hydroxylation is 4. The van der Waals surface area contributed by atoms with Gasteiger partial charge in [-0.2, -0.15) is 121 Å². The van der Waals surface area contributed by atoms with Crippen molar-refractivity contribution in [2.75, 3.05) is 26.7 Å². The molecule has 0 bridgehead atoms. The van der Waals surface area contributed by atoms with Gasteiger partial charge >= 0.3 is 84.3 Å². The number of hydrogen-bond donors (Lipinski definition) is 0. The van der Waals surface area contributed by atoms with Crippen LogP contribution < -0.4 is 43.0 Å². The normalized spacial score (nSPS) is 12.8. The maximum Gasteiger partial charge on any atom is 2.00 e. The molecule has 144 heavy (non-hydrogen) atoms. The van der Waals surface area contributed by atoms with E-state index in [9.17, 15) is 18.3 Å². The van der Waals surface area contributed by atoms with E-state index >= 15 is 0 Å². The summed E-state index contributed by atoms with van der Waals surface area (Å²) in [6.45, 7) is 15.2. The molecule has 0 N–H and O–H groups in total. The van der Waals surface area contributed by atoms with Crippen LogP contribution in [-0.4, -0.2) is 84.8 Å². The van der Waals surface area contributed by atoms with Gasteiger partial charge in [-0.25, -0.2) is 64.4 Å². The van der Waals surface area contributed by atoms with Gasteiger partial charge < -0.3 is 36.5 Å². The molecule has 0 aliphatic rings. The third kappa shape index (κ3) is 20.0. The molecule has 12 aromatic carbocycles. The molecule has 12 heterocycles. The van der Waals surface area contributed by atoms with E-state index < -0.39 is 28.6 Å². The number of nitrogens with zero attached hydrogens (tertiary/aromatic N) is 12. The third-order valence-electron chi connectivity index (χ3n) is 25.4. The molecule has 12 aromatic heterocycles. The molecule has 0 aliphatic heterocycles. The Labute approximate surface area is 893 Å². The first-order valence-electron chi connectivity index (χ1n) is 45.7. The topological polar surface area (TPSA) is 191 Å². The molecule has 16 nitrogen and oxygen atoms in total.